The maximum atomic E-state index is 12.3. The highest BCUT2D eigenvalue weighted by Gasteiger charge is 2.13. The first-order valence-corrected chi connectivity index (χ1v) is 9.35. The van der Waals surface area contributed by atoms with Gasteiger partial charge in [0.15, 0.2) is 0 Å². The zero-order valence-electron chi connectivity index (χ0n) is 16.1. The number of carbonyl (C=O) groups is 1. The van der Waals surface area contributed by atoms with Gasteiger partial charge in [0.05, 0.1) is 6.42 Å². The molecule has 1 heterocycles. The monoisotopic (exact) mass is 351 g/mol. The lowest BCUT2D eigenvalue weighted by Crippen LogP contribution is -2.43. The molecule has 3 rings (SSSR count). The average molecular weight is 351 g/mol. The molecule has 0 radical (unpaired) electrons. The molecule has 0 aromatic heterocycles. The van der Waals surface area contributed by atoms with Crippen molar-refractivity contribution >= 4 is 11.6 Å². The summed E-state index contributed by atoms with van der Waals surface area (Å²) in [5.74, 6) is 0.0278. The summed E-state index contributed by atoms with van der Waals surface area (Å²) in [5, 5.41) is 2.99. The van der Waals surface area contributed by atoms with Crippen molar-refractivity contribution in [2.75, 3.05) is 38.5 Å². The maximum Gasteiger partial charge on any atom is 0.228 e. The van der Waals surface area contributed by atoms with E-state index >= 15 is 0 Å². The Hall–Kier alpha value is -2.17. The minimum Gasteiger partial charge on any atom is -0.326 e. The van der Waals surface area contributed by atoms with Crippen molar-refractivity contribution in [3.05, 3.63) is 64.7 Å². The van der Waals surface area contributed by atoms with Gasteiger partial charge in [-0.1, -0.05) is 30.3 Å². The lowest BCUT2D eigenvalue weighted by atomic mass is 10.1. The number of piperazine rings is 1. The van der Waals surface area contributed by atoms with Crippen LogP contribution in [-0.2, 0) is 17.8 Å². The Labute approximate surface area is 156 Å². The SMILES string of the molecule is Cc1ccc(NC(=O)Cc2ccc(CN3CCN(C)CC3)cc2)cc1C. The fourth-order valence-electron chi connectivity index (χ4n) is 3.24. The van der Waals surface area contributed by atoms with Gasteiger partial charge in [0, 0.05) is 38.4 Å². The van der Waals surface area contributed by atoms with E-state index in [-0.39, 0.29) is 5.91 Å². The van der Waals surface area contributed by atoms with Gasteiger partial charge in [-0.2, -0.15) is 0 Å². The summed E-state index contributed by atoms with van der Waals surface area (Å²) >= 11 is 0. The number of carbonyl (C=O) groups excluding carboxylic acids is 1. The lowest BCUT2D eigenvalue weighted by molar-refractivity contribution is -0.115. The summed E-state index contributed by atoms with van der Waals surface area (Å²) in [4.78, 5) is 17.1. The van der Waals surface area contributed by atoms with Crippen LogP contribution in [0.2, 0.25) is 0 Å². The first-order chi connectivity index (χ1) is 12.5. The largest absolute Gasteiger partial charge is 0.326 e. The van der Waals surface area contributed by atoms with Crippen LogP contribution in [0.25, 0.3) is 0 Å². The van der Waals surface area contributed by atoms with E-state index < -0.39 is 0 Å². The minimum absolute atomic E-state index is 0.0278. The number of rotatable bonds is 5. The van der Waals surface area contributed by atoms with Crippen LogP contribution in [0.3, 0.4) is 0 Å². The van der Waals surface area contributed by atoms with E-state index in [1.54, 1.807) is 0 Å². The minimum atomic E-state index is 0.0278. The van der Waals surface area contributed by atoms with Gasteiger partial charge >= 0.3 is 0 Å². The summed E-state index contributed by atoms with van der Waals surface area (Å²) < 4.78 is 0. The second-order valence-electron chi connectivity index (χ2n) is 7.42. The average Bonchev–Trinajstić information content (AvgIpc) is 2.62. The van der Waals surface area contributed by atoms with Crippen molar-refractivity contribution < 1.29 is 4.79 Å². The van der Waals surface area contributed by atoms with Gasteiger partial charge in [0.1, 0.15) is 0 Å². The molecule has 0 bridgehead atoms. The Balaban J connectivity index is 1.51. The third-order valence-electron chi connectivity index (χ3n) is 5.18. The molecule has 0 spiro atoms. The molecule has 0 atom stereocenters. The molecule has 2 aromatic carbocycles. The second kappa shape index (κ2) is 8.47. The number of amides is 1. The fraction of sp³-hybridized carbons (Fsp3) is 0.409. The molecule has 138 valence electrons. The summed E-state index contributed by atoms with van der Waals surface area (Å²) in [5.41, 5.74) is 5.65. The molecule has 2 aromatic rings. The Morgan fingerprint density at radius 2 is 1.58 bits per heavy atom. The molecule has 1 amide bonds. The highest BCUT2D eigenvalue weighted by molar-refractivity contribution is 5.92. The number of nitrogens with one attached hydrogen (secondary N) is 1. The zero-order chi connectivity index (χ0) is 18.5. The smallest absolute Gasteiger partial charge is 0.228 e. The first kappa shape index (κ1) is 18.6. The second-order valence-corrected chi connectivity index (χ2v) is 7.42. The van der Waals surface area contributed by atoms with Gasteiger partial charge in [-0.3, -0.25) is 9.69 Å². The number of nitrogens with zero attached hydrogens (tertiary/aromatic N) is 2. The molecule has 1 aliphatic rings. The van der Waals surface area contributed by atoms with Gasteiger partial charge in [-0.25, -0.2) is 0 Å². The van der Waals surface area contributed by atoms with Crippen molar-refractivity contribution in [1.82, 2.24) is 9.80 Å². The molecule has 0 unspecified atom stereocenters. The fourth-order valence-corrected chi connectivity index (χ4v) is 3.24. The Morgan fingerprint density at radius 1 is 0.923 bits per heavy atom. The molecule has 0 aliphatic carbocycles. The predicted octanol–water partition coefficient (Wildman–Crippen LogP) is 3.23. The molecule has 1 saturated heterocycles. The van der Waals surface area contributed by atoms with Crippen molar-refractivity contribution in [3.8, 4) is 0 Å². The molecule has 1 aliphatic heterocycles. The molecule has 26 heavy (non-hydrogen) atoms. The predicted molar refractivity (Wildman–Crippen MR) is 107 cm³/mol. The van der Waals surface area contributed by atoms with Gasteiger partial charge in [0.2, 0.25) is 5.91 Å². The Kier molecular flexibility index (Phi) is 6.07. The van der Waals surface area contributed by atoms with E-state index in [0.717, 1.165) is 44.0 Å². The summed E-state index contributed by atoms with van der Waals surface area (Å²) in [6.07, 6.45) is 0.404. The molecule has 1 fully saturated rings. The van der Waals surface area contributed by atoms with E-state index in [9.17, 15) is 4.79 Å². The number of hydrogen-bond donors (Lipinski definition) is 1. The van der Waals surface area contributed by atoms with Crippen LogP contribution in [0.5, 0.6) is 0 Å². The van der Waals surface area contributed by atoms with Crippen molar-refractivity contribution in [2.45, 2.75) is 26.8 Å². The van der Waals surface area contributed by atoms with Crippen molar-refractivity contribution in [1.29, 1.82) is 0 Å². The van der Waals surface area contributed by atoms with E-state index in [1.807, 2.05) is 18.2 Å². The third kappa shape index (κ3) is 5.16. The third-order valence-corrected chi connectivity index (χ3v) is 5.18. The molecule has 1 N–H and O–H groups in total. The molecule has 4 nitrogen and oxygen atoms in total. The Bertz CT molecular complexity index is 746. The molecule has 0 saturated carbocycles. The molecule has 4 heteroatoms. The van der Waals surface area contributed by atoms with Crippen LogP contribution in [0.1, 0.15) is 22.3 Å². The van der Waals surface area contributed by atoms with E-state index in [1.165, 1.54) is 16.7 Å². The number of likely N-dealkylation sites (N-methyl/N-ethyl adjacent to an activating group) is 1. The topological polar surface area (TPSA) is 35.6 Å². The zero-order valence-corrected chi connectivity index (χ0v) is 16.1. The number of anilines is 1. The summed E-state index contributed by atoms with van der Waals surface area (Å²) in [6, 6.07) is 14.5. The summed E-state index contributed by atoms with van der Waals surface area (Å²) in [7, 11) is 2.18. The van der Waals surface area contributed by atoms with Crippen LogP contribution in [0.4, 0.5) is 5.69 Å². The van der Waals surface area contributed by atoms with Crippen LogP contribution in [-0.4, -0.2) is 48.9 Å². The maximum absolute atomic E-state index is 12.3. The lowest BCUT2D eigenvalue weighted by Gasteiger charge is -2.32. The first-order valence-electron chi connectivity index (χ1n) is 9.35. The standard InChI is InChI=1S/C22H29N3O/c1-17-4-9-21(14-18(17)2)23-22(26)15-19-5-7-20(8-6-19)16-25-12-10-24(3)11-13-25/h4-9,14H,10-13,15-16H2,1-3H3,(H,23,26). The van der Waals surface area contributed by atoms with Crippen LogP contribution >= 0.6 is 0 Å². The highest BCUT2D eigenvalue weighted by Crippen LogP contribution is 2.15. The van der Waals surface area contributed by atoms with Crippen LogP contribution in [0.15, 0.2) is 42.5 Å². The van der Waals surface area contributed by atoms with Crippen molar-refractivity contribution in [3.63, 3.8) is 0 Å². The van der Waals surface area contributed by atoms with E-state index in [4.69, 9.17) is 0 Å². The highest BCUT2D eigenvalue weighted by atomic mass is 16.1. The number of benzene rings is 2. The van der Waals surface area contributed by atoms with E-state index in [0.29, 0.717) is 6.42 Å². The quantitative estimate of drug-likeness (QED) is 0.898. The van der Waals surface area contributed by atoms with Crippen molar-refractivity contribution in [2.24, 2.45) is 0 Å². The van der Waals surface area contributed by atoms with Gasteiger partial charge < -0.3 is 10.2 Å². The molecular weight excluding hydrogens is 322 g/mol. The van der Waals surface area contributed by atoms with E-state index in [2.05, 4.69) is 60.3 Å². The summed E-state index contributed by atoms with van der Waals surface area (Å²) in [6.45, 7) is 9.64. The van der Waals surface area contributed by atoms with Gasteiger partial charge in [0.25, 0.3) is 0 Å². The number of hydrogen-bond acceptors (Lipinski definition) is 3. The normalized spacial score (nSPS) is 15.8. The Morgan fingerprint density at radius 3 is 2.23 bits per heavy atom. The molecular formula is C22H29N3O. The van der Waals surface area contributed by atoms with Crippen LogP contribution in [0, 0.1) is 13.8 Å². The van der Waals surface area contributed by atoms with Gasteiger partial charge in [-0.05, 0) is 55.3 Å². The van der Waals surface area contributed by atoms with Gasteiger partial charge in [-0.15, -0.1) is 0 Å². The number of aryl methyl sites for hydroxylation is 2. The van der Waals surface area contributed by atoms with Crippen LogP contribution < -0.4 is 5.32 Å².